The molecule has 0 saturated carbocycles. The Balaban J connectivity index is 1.44. The number of anilines is 2. The van der Waals surface area contributed by atoms with Gasteiger partial charge in [0.05, 0.1) is 44.0 Å². The number of halogens is 1. The normalized spacial score (nSPS) is 21.1. The van der Waals surface area contributed by atoms with Crippen LogP contribution in [0.1, 0.15) is 6.42 Å². The Morgan fingerprint density at radius 1 is 1.00 bits per heavy atom. The first-order chi connectivity index (χ1) is 13.0. The zero-order valence-electron chi connectivity index (χ0n) is 14.8. The molecule has 2 aromatic carbocycles. The zero-order valence-corrected chi connectivity index (χ0v) is 15.5. The summed E-state index contributed by atoms with van der Waals surface area (Å²) < 4.78 is 0. The number of aromatic hydroxyl groups is 1. The van der Waals surface area contributed by atoms with Gasteiger partial charge in [-0.05, 0) is 36.4 Å². The van der Waals surface area contributed by atoms with Gasteiger partial charge in [0.2, 0.25) is 5.91 Å². The maximum atomic E-state index is 12.9. The molecule has 2 amide bonds. The highest BCUT2D eigenvalue weighted by Crippen LogP contribution is 2.27. The summed E-state index contributed by atoms with van der Waals surface area (Å²) in [5, 5.41) is 10.6. The van der Waals surface area contributed by atoms with Crippen LogP contribution in [0, 0.1) is 0 Å². The van der Waals surface area contributed by atoms with Crippen LogP contribution in [0.4, 0.5) is 11.4 Å². The highest BCUT2D eigenvalue weighted by Gasteiger charge is 2.46. The Kier molecular flexibility index (Phi) is 4.76. The van der Waals surface area contributed by atoms with Gasteiger partial charge in [-0.2, -0.15) is 0 Å². The molecule has 4 rings (SSSR count). The molecule has 2 saturated heterocycles. The molecule has 0 unspecified atom stereocenters. The van der Waals surface area contributed by atoms with Crippen molar-refractivity contribution in [2.24, 2.45) is 0 Å². The highest BCUT2D eigenvalue weighted by molar-refractivity contribution is 6.30. The van der Waals surface area contributed by atoms with E-state index in [0.29, 0.717) is 10.7 Å². The number of benzene rings is 2. The summed E-state index contributed by atoms with van der Waals surface area (Å²) in [6, 6.07) is 13.7. The largest absolute Gasteiger partial charge is 0.506 e. The van der Waals surface area contributed by atoms with Gasteiger partial charge in [-0.25, -0.2) is 4.90 Å². The van der Waals surface area contributed by atoms with E-state index in [0.717, 1.165) is 36.8 Å². The zero-order chi connectivity index (χ0) is 19.0. The summed E-state index contributed by atoms with van der Waals surface area (Å²) >= 11 is 5.90. The molecular formula is C20H21ClN3O3+. The van der Waals surface area contributed by atoms with Crippen molar-refractivity contribution in [3.63, 3.8) is 0 Å². The van der Waals surface area contributed by atoms with Crippen molar-refractivity contribution in [3.05, 3.63) is 53.6 Å². The van der Waals surface area contributed by atoms with Crippen molar-refractivity contribution in [2.45, 2.75) is 12.5 Å². The Hall–Kier alpha value is -2.57. The van der Waals surface area contributed by atoms with E-state index in [2.05, 4.69) is 4.90 Å². The Morgan fingerprint density at radius 2 is 1.67 bits per heavy atom. The van der Waals surface area contributed by atoms with Crippen LogP contribution in [-0.4, -0.2) is 49.1 Å². The molecule has 2 heterocycles. The maximum absolute atomic E-state index is 12.9. The van der Waals surface area contributed by atoms with Crippen LogP contribution < -0.4 is 14.7 Å². The van der Waals surface area contributed by atoms with Crippen LogP contribution in [0.5, 0.6) is 5.75 Å². The van der Waals surface area contributed by atoms with Crippen molar-refractivity contribution >= 4 is 34.8 Å². The number of amides is 2. The van der Waals surface area contributed by atoms with E-state index >= 15 is 0 Å². The third-order valence-corrected chi connectivity index (χ3v) is 5.60. The molecule has 7 heteroatoms. The van der Waals surface area contributed by atoms with E-state index < -0.39 is 0 Å². The predicted molar refractivity (Wildman–Crippen MR) is 103 cm³/mol. The van der Waals surface area contributed by atoms with Gasteiger partial charge in [0, 0.05) is 5.02 Å². The first kappa shape index (κ1) is 17.8. The second-order valence-corrected chi connectivity index (χ2v) is 7.37. The van der Waals surface area contributed by atoms with Gasteiger partial charge < -0.3 is 14.9 Å². The molecule has 2 aromatic rings. The summed E-state index contributed by atoms with van der Waals surface area (Å²) in [4.78, 5) is 29.9. The number of carbonyl (C=O) groups excluding carboxylic acids is 2. The summed E-state index contributed by atoms with van der Waals surface area (Å²) in [5.74, 6) is -0.0433. The molecule has 27 heavy (non-hydrogen) atoms. The number of imide groups is 1. The summed E-state index contributed by atoms with van der Waals surface area (Å²) in [7, 11) is 0. The molecule has 6 nitrogen and oxygen atoms in total. The maximum Gasteiger partial charge on any atom is 0.292 e. The molecule has 0 aromatic heterocycles. The third kappa shape index (κ3) is 3.38. The minimum atomic E-state index is -0.348. The first-order valence-corrected chi connectivity index (χ1v) is 9.42. The summed E-state index contributed by atoms with van der Waals surface area (Å²) in [6.45, 7) is 2.94. The van der Waals surface area contributed by atoms with E-state index in [4.69, 9.17) is 11.6 Å². The van der Waals surface area contributed by atoms with Crippen molar-refractivity contribution in [3.8, 4) is 5.75 Å². The minimum Gasteiger partial charge on any atom is -0.506 e. The lowest BCUT2D eigenvalue weighted by Crippen LogP contribution is -3.19. The standard InChI is InChI=1S/C20H20ClN3O3/c21-14-5-7-15(8-6-14)24-19(26)13-17(20(24)27)23-11-9-22(10-12-23)16-3-1-2-4-18(16)25/h1-8,17,25H,9-13H2/p+1/t17-/m1/s1. The molecule has 0 spiro atoms. The topological polar surface area (TPSA) is 65.3 Å². The number of nitrogens with zero attached hydrogens (tertiary/aromatic N) is 2. The minimum absolute atomic E-state index is 0.145. The van der Waals surface area contributed by atoms with E-state index in [9.17, 15) is 14.7 Å². The lowest BCUT2D eigenvalue weighted by molar-refractivity contribution is -0.915. The van der Waals surface area contributed by atoms with Crippen LogP contribution in [0.3, 0.4) is 0 Å². The van der Waals surface area contributed by atoms with Gasteiger partial charge in [0.1, 0.15) is 5.75 Å². The highest BCUT2D eigenvalue weighted by atomic mass is 35.5. The van der Waals surface area contributed by atoms with Crippen LogP contribution >= 0.6 is 11.6 Å². The van der Waals surface area contributed by atoms with Crippen molar-refractivity contribution in [1.82, 2.24) is 0 Å². The number of piperazine rings is 1. The van der Waals surface area contributed by atoms with E-state index in [1.807, 2.05) is 12.1 Å². The van der Waals surface area contributed by atoms with E-state index in [1.54, 1.807) is 36.4 Å². The predicted octanol–water partition coefficient (Wildman–Crippen LogP) is 1.08. The average molecular weight is 387 g/mol. The van der Waals surface area contributed by atoms with Crippen molar-refractivity contribution in [1.29, 1.82) is 0 Å². The number of phenols is 1. The monoisotopic (exact) mass is 386 g/mol. The second-order valence-electron chi connectivity index (χ2n) is 6.93. The Bertz CT molecular complexity index is 863. The number of nitrogens with one attached hydrogen (secondary N) is 1. The van der Waals surface area contributed by atoms with Gasteiger partial charge >= 0.3 is 0 Å². The SMILES string of the molecule is O=C1C[C@@H]([NH+]2CCN(c3ccccc3O)CC2)C(=O)N1c1ccc(Cl)cc1. The van der Waals surface area contributed by atoms with Gasteiger partial charge in [0.15, 0.2) is 6.04 Å². The van der Waals surface area contributed by atoms with Crippen LogP contribution in [0.15, 0.2) is 48.5 Å². The fourth-order valence-corrected chi connectivity index (χ4v) is 4.05. The van der Waals surface area contributed by atoms with Gasteiger partial charge in [-0.1, -0.05) is 23.7 Å². The lowest BCUT2D eigenvalue weighted by atomic mass is 10.1. The van der Waals surface area contributed by atoms with Gasteiger partial charge in [-0.3, -0.25) is 9.59 Å². The molecule has 1 atom stereocenters. The fourth-order valence-electron chi connectivity index (χ4n) is 3.93. The van der Waals surface area contributed by atoms with E-state index in [1.165, 1.54) is 4.90 Å². The second kappa shape index (κ2) is 7.21. The molecule has 2 aliphatic rings. The summed E-state index contributed by atoms with van der Waals surface area (Å²) in [5.41, 5.74) is 1.39. The number of hydrogen-bond acceptors (Lipinski definition) is 4. The number of carbonyl (C=O) groups is 2. The van der Waals surface area contributed by atoms with Crippen LogP contribution in [-0.2, 0) is 9.59 Å². The number of phenolic OH excluding ortho intramolecular Hbond substituents is 1. The van der Waals surface area contributed by atoms with Crippen LogP contribution in [0.25, 0.3) is 0 Å². The quantitative estimate of drug-likeness (QED) is 0.775. The third-order valence-electron chi connectivity index (χ3n) is 5.35. The van der Waals surface area contributed by atoms with Crippen molar-refractivity contribution < 1.29 is 19.6 Å². The number of rotatable bonds is 3. The molecule has 2 fully saturated rings. The van der Waals surface area contributed by atoms with Gasteiger partial charge in [0.25, 0.3) is 5.91 Å². The number of para-hydroxylation sites is 2. The fraction of sp³-hybridized carbons (Fsp3) is 0.300. The van der Waals surface area contributed by atoms with Crippen molar-refractivity contribution in [2.75, 3.05) is 36.0 Å². The van der Waals surface area contributed by atoms with Crippen LogP contribution in [0.2, 0.25) is 5.02 Å². The molecule has 2 aliphatic heterocycles. The lowest BCUT2D eigenvalue weighted by Gasteiger charge is -2.35. The molecule has 2 N–H and O–H groups in total. The van der Waals surface area contributed by atoms with Gasteiger partial charge in [-0.15, -0.1) is 0 Å². The molecule has 0 bridgehead atoms. The molecule has 140 valence electrons. The number of hydrogen-bond donors (Lipinski definition) is 2. The summed E-state index contributed by atoms with van der Waals surface area (Å²) in [6.07, 6.45) is 0.230. The molecule has 0 aliphatic carbocycles. The molecule has 0 radical (unpaired) electrons. The van der Waals surface area contributed by atoms with E-state index in [-0.39, 0.29) is 30.0 Å². The Labute approximate surface area is 162 Å². The smallest absolute Gasteiger partial charge is 0.292 e. The molecular weight excluding hydrogens is 366 g/mol. The average Bonchev–Trinajstić information content (AvgIpc) is 2.97. The Morgan fingerprint density at radius 3 is 2.33 bits per heavy atom. The number of quaternary nitrogens is 1. The first-order valence-electron chi connectivity index (χ1n) is 9.04.